The first-order chi connectivity index (χ1) is 8.82. The summed E-state index contributed by atoms with van der Waals surface area (Å²) in [6.07, 6.45) is 4.93. The van der Waals surface area contributed by atoms with Crippen molar-refractivity contribution in [2.45, 2.75) is 73.6 Å². The second-order valence-corrected chi connectivity index (χ2v) is 6.67. The molecule has 114 valence electrons. The molecule has 0 aromatic heterocycles. The minimum absolute atomic E-state index is 0.0202. The van der Waals surface area contributed by atoms with Crippen LogP contribution in [0.5, 0.6) is 0 Å². The smallest absolute Gasteiger partial charge is 0.298 e. The van der Waals surface area contributed by atoms with Gasteiger partial charge in [0.15, 0.2) is 0 Å². The van der Waals surface area contributed by atoms with Gasteiger partial charge >= 0.3 is 5.97 Å². The molecule has 3 nitrogen and oxygen atoms in total. The highest BCUT2D eigenvalue weighted by atomic mass is 17.2. The zero-order chi connectivity index (χ0) is 14.9. The molecule has 0 bridgehead atoms. The number of carbonyl (C=O) groups excluding carboxylic acids is 1. The molecule has 0 heterocycles. The van der Waals surface area contributed by atoms with E-state index in [9.17, 15) is 4.79 Å². The fourth-order valence-electron chi connectivity index (χ4n) is 2.42. The molecule has 0 radical (unpaired) electrons. The summed E-state index contributed by atoms with van der Waals surface area (Å²) >= 11 is 0. The van der Waals surface area contributed by atoms with Crippen LogP contribution < -0.4 is 0 Å². The molecule has 0 aliphatic rings. The molecule has 3 heteroatoms. The quantitative estimate of drug-likeness (QED) is 0.425. The van der Waals surface area contributed by atoms with Crippen molar-refractivity contribution in [1.29, 1.82) is 0 Å². The summed E-state index contributed by atoms with van der Waals surface area (Å²) in [7, 11) is 0. The lowest BCUT2D eigenvalue weighted by molar-refractivity contribution is -0.288. The van der Waals surface area contributed by atoms with E-state index < -0.39 is 0 Å². The molecule has 0 N–H and O–H groups in total. The van der Waals surface area contributed by atoms with Gasteiger partial charge in [0, 0.05) is 0 Å². The monoisotopic (exact) mass is 272 g/mol. The van der Waals surface area contributed by atoms with Crippen molar-refractivity contribution in [3.8, 4) is 0 Å². The third-order valence-electron chi connectivity index (χ3n) is 3.28. The van der Waals surface area contributed by atoms with Gasteiger partial charge in [0.05, 0.1) is 12.5 Å². The van der Waals surface area contributed by atoms with Gasteiger partial charge in [0.2, 0.25) is 0 Å². The third-order valence-corrected chi connectivity index (χ3v) is 3.28. The maximum absolute atomic E-state index is 11.8. The lowest BCUT2D eigenvalue weighted by Gasteiger charge is -2.25. The Morgan fingerprint density at radius 2 is 1.84 bits per heavy atom. The fraction of sp³-hybridized carbons (Fsp3) is 0.938. The fourth-order valence-corrected chi connectivity index (χ4v) is 2.42. The summed E-state index contributed by atoms with van der Waals surface area (Å²) < 4.78 is 0. The van der Waals surface area contributed by atoms with Crippen LogP contribution in [0.1, 0.15) is 73.6 Å². The predicted octanol–water partition coefficient (Wildman–Crippen LogP) is 4.75. The van der Waals surface area contributed by atoms with Gasteiger partial charge in [-0.15, -0.1) is 0 Å². The molecule has 0 aromatic rings. The van der Waals surface area contributed by atoms with E-state index in [0.717, 1.165) is 32.1 Å². The molecule has 0 rings (SSSR count). The van der Waals surface area contributed by atoms with Gasteiger partial charge in [-0.25, -0.2) is 4.79 Å². The van der Waals surface area contributed by atoms with Crippen molar-refractivity contribution in [2.75, 3.05) is 6.61 Å². The van der Waals surface area contributed by atoms with Crippen molar-refractivity contribution in [3.05, 3.63) is 0 Å². The van der Waals surface area contributed by atoms with E-state index in [1.807, 2.05) is 6.92 Å². The van der Waals surface area contributed by atoms with Crippen molar-refractivity contribution < 1.29 is 14.6 Å². The van der Waals surface area contributed by atoms with Crippen LogP contribution in [-0.2, 0) is 14.6 Å². The highest BCUT2D eigenvalue weighted by molar-refractivity contribution is 5.71. The largest absolute Gasteiger partial charge is 0.345 e. The van der Waals surface area contributed by atoms with Gasteiger partial charge in [-0.2, -0.15) is 4.89 Å². The molecule has 0 aromatic carbocycles. The zero-order valence-corrected chi connectivity index (χ0v) is 13.6. The second-order valence-electron chi connectivity index (χ2n) is 6.67. The molecular weight excluding hydrogens is 240 g/mol. The summed E-state index contributed by atoms with van der Waals surface area (Å²) in [5.41, 5.74) is 0.0412. The van der Waals surface area contributed by atoms with Crippen LogP contribution in [0.15, 0.2) is 0 Å². The van der Waals surface area contributed by atoms with Crippen molar-refractivity contribution >= 4 is 5.97 Å². The minimum Gasteiger partial charge on any atom is -0.298 e. The first kappa shape index (κ1) is 18.4. The van der Waals surface area contributed by atoms with E-state index in [-0.39, 0.29) is 17.3 Å². The average Bonchev–Trinajstić information content (AvgIpc) is 2.27. The summed E-state index contributed by atoms with van der Waals surface area (Å²) in [5, 5.41) is 0. The first-order valence-electron chi connectivity index (χ1n) is 7.65. The summed E-state index contributed by atoms with van der Waals surface area (Å²) in [5.74, 6) is 0.381. The molecular formula is C16H32O3. The molecule has 0 saturated carbocycles. The normalized spacial score (nSPS) is 13.6. The molecule has 1 atom stereocenters. The number of unbranched alkanes of at least 4 members (excludes halogenated alkanes) is 1. The van der Waals surface area contributed by atoms with E-state index in [4.69, 9.17) is 9.78 Å². The van der Waals surface area contributed by atoms with Crippen LogP contribution in [0.25, 0.3) is 0 Å². The van der Waals surface area contributed by atoms with Crippen molar-refractivity contribution in [1.82, 2.24) is 0 Å². The summed E-state index contributed by atoms with van der Waals surface area (Å²) in [6, 6.07) is 0. The Balaban J connectivity index is 4.01. The van der Waals surface area contributed by atoms with Gasteiger partial charge in [0.1, 0.15) is 0 Å². The molecule has 0 amide bonds. The molecule has 1 unspecified atom stereocenters. The highest BCUT2D eigenvalue weighted by Crippen LogP contribution is 2.25. The van der Waals surface area contributed by atoms with Crippen LogP contribution in [0, 0.1) is 17.3 Å². The van der Waals surface area contributed by atoms with E-state index in [1.54, 1.807) is 0 Å². The van der Waals surface area contributed by atoms with Gasteiger partial charge < -0.3 is 0 Å². The van der Waals surface area contributed by atoms with E-state index in [2.05, 4.69) is 34.6 Å². The minimum atomic E-state index is -0.212. The van der Waals surface area contributed by atoms with Gasteiger partial charge in [-0.1, -0.05) is 54.4 Å². The van der Waals surface area contributed by atoms with Gasteiger partial charge in [-0.05, 0) is 30.6 Å². The Kier molecular flexibility index (Phi) is 9.07. The van der Waals surface area contributed by atoms with Crippen LogP contribution in [0.2, 0.25) is 0 Å². The topological polar surface area (TPSA) is 35.5 Å². The van der Waals surface area contributed by atoms with Gasteiger partial charge in [-0.3, -0.25) is 4.89 Å². The third kappa shape index (κ3) is 9.04. The molecule has 0 aliphatic heterocycles. The van der Waals surface area contributed by atoms with E-state index >= 15 is 0 Å². The summed E-state index contributed by atoms with van der Waals surface area (Å²) in [6.45, 7) is 13.2. The van der Waals surface area contributed by atoms with Crippen LogP contribution >= 0.6 is 0 Å². The Labute approximate surface area is 119 Å². The lowest BCUT2D eigenvalue weighted by atomic mass is 9.85. The van der Waals surface area contributed by atoms with Gasteiger partial charge in [0.25, 0.3) is 0 Å². The summed E-state index contributed by atoms with van der Waals surface area (Å²) in [4.78, 5) is 22.0. The molecule has 0 spiro atoms. The highest BCUT2D eigenvalue weighted by Gasteiger charge is 2.23. The number of carbonyl (C=O) groups is 1. The zero-order valence-electron chi connectivity index (χ0n) is 13.6. The number of hydrogen-bond donors (Lipinski definition) is 0. The maximum atomic E-state index is 11.8. The number of hydrogen-bond acceptors (Lipinski definition) is 3. The SMILES string of the molecule is CCCCC(CC)C(=O)OOCC(C)(C)CC(C)C. The Hall–Kier alpha value is -0.570. The van der Waals surface area contributed by atoms with E-state index in [0.29, 0.717) is 12.5 Å². The van der Waals surface area contributed by atoms with Crippen LogP contribution in [-0.4, -0.2) is 12.6 Å². The first-order valence-corrected chi connectivity index (χ1v) is 7.65. The number of rotatable bonds is 10. The Bertz CT molecular complexity index is 246. The molecule has 0 aliphatic carbocycles. The van der Waals surface area contributed by atoms with E-state index in [1.165, 1.54) is 0 Å². The van der Waals surface area contributed by atoms with Crippen molar-refractivity contribution in [2.24, 2.45) is 17.3 Å². The second kappa shape index (κ2) is 9.35. The Morgan fingerprint density at radius 1 is 1.21 bits per heavy atom. The van der Waals surface area contributed by atoms with Crippen molar-refractivity contribution in [3.63, 3.8) is 0 Å². The maximum Gasteiger partial charge on any atom is 0.345 e. The predicted molar refractivity (Wildman–Crippen MR) is 78.6 cm³/mol. The standard InChI is InChI=1S/C16H32O3/c1-7-9-10-14(8-2)15(17)19-18-12-16(5,6)11-13(3)4/h13-14H,7-12H2,1-6H3. The van der Waals surface area contributed by atoms with Crippen LogP contribution in [0.3, 0.4) is 0 Å². The Morgan fingerprint density at radius 3 is 2.32 bits per heavy atom. The molecule has 0 fully saturated rings. The molecule has 19 heavy (non-hydrogen) atoms. The average molecular weight is 272 g/mol. The lowest BCUT2D eigenvalue weighted by Crippen LogP contribution is -2.24. The molecule has 0 saturated heterocycles. The van der Waals surface area contributed by atoms with Crippen LogP contribution in [0.4, 0.5) is 0 Å².